The molecule has 2 aromatic heterocycles. The smallest absolute Gasteiger partial charge is 0.276 e. The van der Waals surface area contributed by atoms with Crippen LogP contribution in [-0.2, 0) is 13.6 Å². The molecular formula is C25H24ClN3O4. The Labute approximate surface area is 196 Å². The van der Waals surface area contributed by atoms with Gasteiger partial charge in [0.25, 0.3) is 5.56 Å². The van der Waals surface area contributed by atoms with Crippen LogP contribution in [0.1, 0.15) is 28.8 Å². The molecule has 0 aliphatic carbocycles. The summed E-state index contributed by atoms with van der Waals surface area (Å²) in [5.41, 5.74) is 3.26. The molecular weight excluding hydrogens is 442 g/mol. The summed E-state index contributed by atoms with van der Waals surface area (Å²) in [5, 5.41) is 5.52. The molecule has 4 rings (SSSR count). The van der Waals surface area contributed by atoms with E-state index in [0.717, 1.165) is 22.4 Å². The molecule has 0 spiro atoms. The monoisotopic (exact) mass is 465 g/mol. The quantitative estimate of drug-likeness (QED) is 0.370. The number of fused-ring (bicyclic) bond motifs is 1. The second-order valence-electron chi connectivity index (χ2n) is 7.91. The molecule has 0 saturated carbocycles. The van der Waals surface area contributed by atoms with Crippen LogP contribution in [0.15, 0.2) is 53.6 Å². The fraction of sp³-hybridized carbons (Fsp3) is 0.240. The highest BCUT2D eigenvalue weighted by Gasteiger charge is 2.19. The molecule has 4 aromatic rings. The molecule has 170 valence electrons. The lowest BCUT2D eigenvalue weighted by molar-refractivity contribution is 0.112. The number of aromatic nitrogens is 3. The van der Waals surface area contributed by atoms with Gasteiger partial charge in [0, 0.05) is 36.7 Å². The zero-order valence-corrected chi connectivity index (χ0v) is 19.6. The van der Waals surface area contributed by atoms with E-state index in [1.165, 1.54) is 11.7 Å². The summed E-state index contributed by atoms with van der Waals surface area (Å²) >= 11 is 6.34. The minimum Gasteiger partial charge on any atom is -0.497 e. The summed E-state index contributed by atoms with van der Waals surface area (Å²) in [6.07, 6.45) is 4.11. The number of hydrogen-bond donors (Lipinski definition) is 0. The maximum atomic E-state index is 13.1. The first kappa shape index (κ1) is 22.6. The molecule has 0 N–H and O–H groups in total. The van der Waals surface area contributed by atoms with E-state index in [9.17, 15) is 9.59 Å². The highest BCUT2D eigenvalue weighted by Crippen LogP contribution is 2.35. The van der Waals surface area contributed by atoms with Crippen molar-refractivity contribution in [2.75, 3.05) is 14.2 Å². The van der Waals surface area contributed by atoms with E-state index in [1.807, 2.05) is 24.3 Å². The van der Waals surface area contributed by atoms with Crippen LogP contribution in [0.4, 0.5) is 0 Å². The van der Waals surface area contributed by atoms with Crippen LogP contribution in [0.5, 0.6) is 11.5 Å². The average Bonchev–Trinajstić information content (AvgIpc) is 3.24. The van der Waals surface area contributed by atoms with Crippen molar-refractivity contribution in [2.45, 2.75) is 19.4 Å². The predicted octanol–water partition coefficient (Wildman–Crippen LogP) is 4.69. The van der Waals surface area contributed by atoms with Gasteiger partial charge in [0.2, 0.25) is 0 Å². The van der Waals surface area contributed by atoms with Gasteiger partial charge in [-0.25, -0.2) is 0 Å². The Balaban J connectivity index is 1.81. The molecule has 0 aliphatic rings. The molecule has 0 fully saturated rings. The van der Waals surface area contributed by atoms with E-state index < -0.39 is 0 Å². The Morgan fingerprint density at radius 3 is 2.52 bits per heavy atom. The number of carbonyl (C=O) groups excluding carboxylic acids is 1. The standard InChI is InChI=1S/C25H24ClN3O4/c1-15(16-5-7-18(32-3)8-6-16)12-29-24-19(11-27-29)20(13-28(2)25(24)31)17-9-22(26)21(14-30)23(10-17)33-4/h5-11,13-15H,12H2,1-4H3. The number of methoxy groups -OCH3 is 2. The number of carbonyl (C=O) groups is 1. The number of aryl methyl sites for hydroxylation is 1. The lowest BCUT2D eigenvalue weighted by atomic mass is 10.0. The summed E-state index contributed by atoms with van der Waals surface area (Å²) in [7, 11) is 4.82. The number of ether oxygens (including phenoxy) is 2. The average molecular weight is 466 g/mol. The van der Waals surface area contributed by atoms with Crippen molar-refractivity contribution >= 4 is 28.8 Å². The Hall–Kier alpha value is -3.58. The fourth-order valence-corrected chi connectivity index (χ4v) is 4.25. The number of rotatable bonds is 7. The van der Waals surface area contributed by atoms with Gasteiger partial charge in [-0.05, 0) is 35.4 Å². The normalized spacial score (nSPS) is 12.0. The van der Waals surface area contributed by atoms with Gasteiger partial charge in [-0.1, -0.05) is 30.7 Å². The van der Waals surface area contributed by atoms with E-state index in [2.05, 4.69) is 12.0 Å². The molecule has 0 saturated heterocycles. The minimum atomic E-state index is -0.143. The van der Waals surface area contributed by atoms with E-state index in [4.69, 9.17) is 21.1 Å². The number of halogens is 1. The first-order valence-electron chi connectivity index (χ1n) is 10.4. The zero-order valence-electron chi connectivity index (χ0n) is 18.8. The molecule has 7 nitrogen and oxygen atoms in total. The first-order chi connectivity index (χ1) is 15.9. The summed E-state index contributed by atoms with van der Waals surface area (Å²) in [4.78, 5) is 24.5. The van der Waals surface area contributed by atoms with Gasteiger partial charge in [-0.2, -0.15) is 5.10 Å². The molecule has 8 heteroatoms. The predicted molar refractivity (Wildman–Crippen MR) is 129 cm³/mol. The molecule has 1 unspecified atom stereocenters. The number of benzene rings is 2. The van der Waals surface area contributed by atoms with Crippen LogP contribution in [0.2, 0.25) is 5.02 Å². The largest absolute Gasteiger partial charge is 0.497 e. The van der Waals surface area contributed by atoms with Gasteiger partial charge in [-0.3, -0.25) is 14.3 Å². The summed E-state index contributed by atoms with van der Waals surface area (Å²) in [6.45, 7) is 2.62. The number of pyridine rings is 1. The second kappa shape index (κ2) is 9.11. The second-order valence-corrected chi connectivity index (χ2v) is 8.32. The summed E-state index contributed by atoms with van der Waals surface area (Å²) in [6, 6.07) is 11.3. The van der Waals surface area contributed by atoms with Crippen LogP contribution in [0, 0.1) is 0 Å². The number of nitrogens with zero attached hydrogens (tertiary/aromatic N) is 3. The third-order valence-corrected chi connectivity index (χ3v) is 6.16. The lowest BCUT2D eigenvalue weighted by Crippen LogP contribution is -2.20. The van der Waals surface area contributed by atoms with Gasteiger partial charge in [-0.15, -0.1) is 0 Å². The molecule has 0 radical (unpaired) electrons. The molecule has 1 atom stereocenters. The molecule has 33 heavy (non-hydrogen) atoms. The molecule has 0 aliphatic heterocycles. The minimum absolute atomic E-state index is 0.119. The van der Waals surface area contributed by atoms with Gasteiger partial charge < -0.3 is 14.0 Å². The molecule has 2 heterocycles. The Morgan fingerprint density at radius 2 is 1.88 bits per heavy atom. The van der Waals surface area contributed by atoms with Crippen molar-refractivity contribution in [2.24, 2.45) is 7.05 Å². The number of hydrogen-bond acceptors (Lipinski definition) is 5. The third-order valence-electron chi connectivity index (χ3n) is 5.85. The van der Waals surface area contributed by atoms with Crippen LogP contribution in [0.3, 0.4) is 0 Å². The van der Waals surface area contributed by atoms with Gasteiger partial charge in [0.1, 0.15) is 17.0 Å². The van der Waals surface area contributed by atoms with Crippen LogP contribution >= 0.6 is 11.6 Å². The van der Waals surface area contributed by atoms with Crippen molar-refractivity contribution in [1.29, 1.82) is 0 Å². The van der Waals surface area contributed by atoms with Crippen molar-refractivity contribution in [1.82, 2.24) is 14.3 Å². The highest BCUT2D eigenvalue weighted by atomic mass is 35.5. The van der Waals surface area contributed by atoms with E-state index in [1.54, 1.807) is 43.4 Å². The van der Waals surface area contributed by atoms with Crippen LogP contribution in [-0.4, -0.2) is 34.9 Å². The van der Waals surface area contributed by atoms with E-state index in [0.29, 0.717) is 29.5 Å². The van der Waals surface area contributed by atoms with Crippen LogP contribution in [0.25, 0.3) is 22.0 Å². The van der Waals surface area contributed by atoms with Crippen molar-refractivity contribution in [3.63, 3.8) is 0 Å². The topological polar surface area (TPSA) is 75.4 Å². The molecule has 2 aromatic carbocycles. The Bertz CT molecular complexity index is 1390. The maximum Gasteiger partial charge on any atom is 0.276 e. The third kappa shape index (κ3) is 4.12. The lowest BCUT2D eigenvalue weighted by Gasteiger charge is -2.14. The van der Waals surface area contributed by atoms with Gasteiger partial charge in [0.05, 0.1) is 31.0 Å². The highest BCUT2D eigenvalue weighted by molar-refractivity contribution is 6.33. The maximum absolute atomic E-state index is 13.1. The first-order valence-corrected chi connectivity index (χ1v) is 10.8. The van der Waals surface area contributed by atoms with E-state index in [-0.39, 0.29) is 22.1 Å². The van der Waals surface area contributed by atoms with Gasteiger partial charge >= 0.3 is 0 Å². The Morgan fingerprint density at radius 1 is 1.15 bits per heavy atom. The SMILES string of the molecule is COc1ccc(C(C)Cn2ncc3c(-c4cc(Cl)c(C=O)c(OC)c4)cn(C)c(=O)c32)cc1. The molecule has 0 bridgehead atoms. The van der Waals surface area contributed by atoms with Crippen molar-refractivity contribution in [3.8, 4) is 22.6 Å². The van der Waals surface area contributed by atoms with Gasteiger partial charge in [0.15, 0.2) is 6.29 Å². The van der Waals surface area contributed by atoms with Crippen molar-refractivity contribution < 1.29 is 14.3 Å². The fourth-order valence-electron chi connectivity index (χ4n) is 3.99. The van der Waals surface area contributed by atoms with E-state index >= 15 is 0 Å². The zero-order chi connectivity index (χ0) is 23.7. The summed E-state index contributed by atoms with van der Waals surface area (Å²) < 4.78 is 13.9. The number of aldehydes is 1. The van der Waals surface area contributed by atoms with Crippen molar-refractivity contribution in [3.05, 3.63) is 75.3 Å². The van der Waals surface area contributed by atoms with Crippen LogP contribution < -0.4 is 15.0 Å². The summed E-state index contributed by atoms with van der Waals surface area (Å²) in [5.74, 6) is 1.28. The molecule has 0 amide bonds. The Kier molecular flexibility index (Phi) is 6.24.